The van der Waals surface area contributed by atoms with Crippen LogP contribution in [0.3, 0.4) is 0 Å². The van der Waals surface area contributed by atoms with Gasteiger partial charge in [0.25, 0.3) is 11.7 Å². The molecule has 6 rings (SSSR count). The van der Waals surface area contributed by atoms with E-state index in [1.165, 1.54) is 7.11 Å². The molecule has 12 nitrogen and oxygen atoms in total. The summed E-state index contributed by atoms with van der Waals surface area (Å²) in [6.45, 7) is 10.5. The molecule has 3 fully saturated rings. The van der Waals surface area contributed by atoms with Gasteiger partial charge in [0.15, 0.2) is 5.75 Å². The lowest BCUT2D eigenvalue weighted by atomic mass is 9.86. The zero-order valence-electron chi connectivity index (χ0n) is 30.3. The molecule has 278 valence electrons. The van der Waals surface area contributed by atoms with Crippen LogP contribution in [0.5, 0.6) is 11.5 Å². The molecule has 13 heteroatoms. The molecule has 3 atom stereocenters. The van der Waals surface area contributed by atoms with Crippen molar-refractivity contribution in [1.82, 2.24) is 15.5 Å². The molecule has 0 radical (unpaired) electrons. The number of carbonyl (C=O) groups excluding carboxylic acids is 4. The second kappa shape index (κ2) is 16.6. The fourth-order valence-electron chi connectivity index (χ4n) is 6.96. The molecule has 0 saturated carbocycles. The minimum Gasteiger partial charge on any atom is -0.492 e. The lowest BCUT2D eigenvalue weighted by Crippen LogP contribution is -2.38. The third-order valence-corrected chi connectivity index (χ3v) is 11.4. The number of hydrogen-bond acceptors (Lipinski definition) is 9. The molecule has 3 aromatic rings. The highest BCUT2D eigenvalue weighted by Crippen LogP contribution is 2.39. The van der Waals surface area contributed by atoms with Gasteiger partial charge in [0.05, 0.1) is 43.8 Å². The van der Waals surface area contributed by atoms with Gasteiger partial charge in [0.2, 0.25) is 5.91 Å². The maximum Gasteiger partial charge on any atom is 0.315 e. The summed E-state index contributed by atoms with van der Waals surface area (Å²) >= 11 is 1.86. The molecule has 0 spiro atoms. The van der Waals surface area contributed by atoms with E-state index in [1.807, 2.05) is 62.9 Å². The van der Waals surface area contributed by atoms with Gasteiger partial charge >= 0.3 is 6.03 Å². The Kier molecular flexibility index (Phi) is 11.9. The van der Waals surface area contributed by atoms with Crippen molar-refractivity contribution in [1.29, 1.82) is 0 Å². The van der Waals surface area contributed by atoms with Gasteiger partial charge in [-0.15, -0.1) is 0 Å². The van der Waals surface area contributed by atoms with Crippen LogP contribution < -0.4 is 30.7 Å². The Morgan fingerprint density at radius 2 is 1.71 bits per heavy atom. The first-order valence-corrected chi connectivity index (χ1v) is 19.1. The first-order valence-electron chi connectivity index (χ1n) is 18.0. The van der Waals surface area contributed by atoms with E-state index in [0.29, 0.717) is 54.7 Å². The summed E-state index contributed by atoms with van der Waals surface area (Å²) < 4.78 is 17.3. The van der Waals surface area contributed by atoms with E-state index >= 15 is 0 Å². The Hall–Kier alpha value is -4.33. The molecule has 3 aliphatic rings. The summed E-state index contributed by atoms with van der Waals surface area (Å²) in [5.74, 6) is 0.0968. The van der Waals surface area contributed by atoms with E-state index in [9.17, 15) is 19.2 Å². The Morgan fingerprint density at radius 1 is 0.981 bits per heavy atom. The monoisotopic (exact) mass is 731 g/mol. The molecule has 3 saturated heterocycles. The van der Waals surface area contributed by atoms with E-state index in [2.05, 4.69) is 26.2 Å². The van der Waals surface area contributed by atoms with Crippen molar-refractivity contribution >= 4 is 57.5 Å². The van der Waals surface area contributed by atoms with E-state index in [4.69, 9.17) is 14.2 Å². The van der Waals surface area contributed by atoms with Crippen molar-refractivity contribution in [3.63, 3.8) is 0 Å². The summed E-state index contributed by atoms with van der Waals surface area (Å²) in [5, 5.41) is 13.5. The van der Waals surface area contributed by atoms with Crippen molar-refractivity contribution in [3.8, 4) is 11.5 Å². The van der Waals surface area contributed by atoms with Crippen LogP contribution in [-0.4, -0.2) is 98.2 Å². The lowest BCUT2D eigenvalue weighted by molar-refractivity contribution is -0.116. The van der Waals surface area contributed by atoms with Gasteiger partial charge in [-0.05, 0) is 53.5 Å². The van der Waals surface area contributed by atoms with Gasteiger partial charge in [-0.25, -0.2) is 4.79 Å². The Morgan fingerprint density at radius 3 is 2.44 bits per heavy atom. The zero-order valence-corrected chi connectivity index (χ0v) is 31.2. The van der Waals surface area contributed by atoms with Crippen LogP contribution in [0.25, 0.3) is 10.8 Å². The standard InChI is InChI=1S/C39H49N5O7S/c1-39(2,3)24-21-28(40-33(45)12-8-7-11-32-34-30(23-52-32)42-38(48)43-34)36(49-4)29(22-24)41-37(47)35(46)27-13-14-31(26-10-6-5-9-25(26)27)51-20-17-44-15-18-50-19-16-44/h5-6,9-10,13-14,21-22,30,32,34H,7-8,11-12,15-20,23H2,1-4H3,(H,40,45)(H,41,47)(H2,42,43,48). The first kappa shape index (κ1) is 37.4. The normalized spacial score (nSPS) is 20.2. The van der Waals surface area contributed by atoms with Gasteiger partial charge in [-0.1, -0.05) is 51.5 Å². The lowest BCUT2D eigenvalue weighted by Gasteiger charge is -2.26. The summed E-state index contributed by atoms with van der Waals surface area (Å²) in [6, 6.07) is 14.6. The minimum atomic E-state index is -0.826. The third-order valence-electron chi connectivity index (χ3n) is 9.87. The number of urea groups is 1. The summed E-state index contributed by atoms with van der Waals surface area (Å²) in [6.07, 6.45) is 2.75. The summed E-state index contributed by atoms with van der Waals surface area (Å²) in [7, 11) is 1.47. The number of nitrogens with one attached hydrogen (secondary N) is 4. The van der Waals surface area contributed by atoms with Crippen molar-refractivity contribution in [3.05, 3.63) is 59.7 Å². The molecular formula is C39H49N5O7S. The number of benzene rings is 3. The van der Waals surface area contributed by atoms with Crippen molar-refractivity contribution in [2.24, 2.45) is 0 Å². The predicted octanol–water partition coefficient (Wildman–Crippen LogP) is 5.34. The maximum atomic E-state index is 13.8. The van der Waals surface area contributed by atoms with Crippen LogP contribution >= 0.6 is 11.8 Å². The molecule has 3 aliphatic heterocycles. The number of rotatable bonds is 14. The smallest absolute Gasteiger partial charge is 0.315 e. The van der Waals surface area contributed by atoms with E-state index in [-0.39, 0.29) is 46.4 Å². The fourth-order valence-corrected chi connectivity index (χ4v) is 8.50. The number of anilines is 2. The van der Waals surface area contributed by atoms with Crippen LogP contribution in [0.4, 0.5) is 16.2 Å². The second-order valence-corrected chi connectivity index (χ2v) is 15.8. The van der Waals surface area contributed by atoms with Gasteiger partial charge in [-0.3, -0.25) is 19.3 Å². The number of methoxy groups -OCH3 is 1. The van der Waals surface area contributed by atoms with Gasteiger partial charge in [0.1, 0.15) is 12.4 Å². The summed E-state index contributed by atoms with van der Waals surface area (Å²) in [4.78, 5) is 54.6. The number of nitrogens with zero attached hydrogens (tertiary/aromatic N) is 1. The number of amides is 4. The van der Waals surface area contributed by atoms with Gasteiger partial charge in [-0.2, -0.15) is 11.8 Å². The highest BCUT2D eigenvalue weighted by Gasteiger charge is 2.42. The van der Waals surface area contributed by atoms with E-state index < -0.39 is 11.7 Å². The molecular weight excluding hydrogens is 683 g/mol. The molecule has 3 aromatic carbocycles. The second-order valence-electron chi connectivity index (χ2n) is 14.5. The number of carbonyl (C=O) groups is 4. The minimum absolute atomic E-state index is 0.102. The van der Waals surface area contributed by atoms with Crippen LogP contribution in [0.2, 0.25) is 0 Å². The van der Waals surface area contributed by atoms with E-state index in [1.54, 1.807) is 18.2 Å². The van der Waals surface area contributed by atoms with Crippen LogP contribution in [0.15, 0.2) is 48.5 Å². The Balaban J connectivity index is 1.12. The molecule has 4 N–H and O–H groups in total. The van der Waals surface area contributed by atoms with Gasteiger partial charge in [0, 0.05) is 48.0 Å². The molecule has 3 unspecified atom stereocenters. The first-order chi connectivity index (χ1) is 25.0. The number of fused-ring (bicyclic) bond motifs is 2. The van der Waals surface area contributed by atoms with Crippen molar-refractivity contribution in [2.75, 3.05) is 63.0 Å². The summed E-state index contributed by atoms with van der Waals surface area (Å²) in [5.41, 5.74) is 1.46. The molecule has 52 heavy (non-hydrogen) atoms. The third kappa shape index (κ3) is 8.82. The average molecular weight is 732 g/mol. The molecule has 0 bridgehead atoms. The molecule has 0 aromatic heterocycles. The number of ketones is 1. The van der Waals surface area contributed by atoms with E-state index in [0.717, 1.165) is 49.2 Å². The number of thioether (sulfide) groups is 1. The number of hydrogen-bond donors (Lipinski definition) is 4. The van der Waals surface area contributed by atoms with Gasteiger partial charge < -0.3 is 35.5 Å². The molecule has 0 aliphatic carbocycles. The highest BCUT2D eigenvalue weighted by atomic mass is 32.2. The van der Waals surface area contributed by atoms with Crippen molar-refractivity contribution < 1.29 is 33.4 Å². The van der Waals surface area contributed by atoms with Crippen LogP contribution in [0, 0.1) is 0 Å². The number of unbranched alkanes of at least 4 members (excludes halogenated alkanes) is 1. The predicted molar refractivity (Wildman–Crippen MR) is 204 cm³/mol. The maximum absolute atomic E-state index is 13.8. The highest BCUT2D eigenvalue weighted by molar-refractivity contribution is 8.00. The zero-order chi connectivity index (χ0) is 36.8. The molecule has 4 amide bonds. The number of morpholine rings is 1. The van der Waals surface area contributed by atoms with Crippen LogP contribution in [0.1, 0.15) is 62.4 Å². The number of Topliss-reactive ketones (excluding diaryl/α,β-unsaturated/α-hetero) is 1. The SMILES string of the molecule is COc1c(NC(=O)CCCCC2SCC3NC(=O)NC32)cc(C(C)(C)C)cc1NC(=O)C(=O)c1ccc(OCCN2CCOCC2)c2ccccc12. The number of ether oxygens (including phenoxy) is 3. The molecule has 3 heterocycles. The average Bonchev–Trinajstić information content (AvgIpc) is 3.68. The van der Waals surface area contributed by atoms with Crippen molar-refractivity contribution in [2.45, 2.75) is 69.2 Å². The Labute approximate surface area is 309 Å². The van der Waals surface area contributed by atoms with Crippen LogP contribution in [-0.2, 0) is 19.7 Å². The largest absolute Gasteiger partial charge is 0.492 e. The quantitative estimate of drug-likeness (QED) is 0.0747. The fraction of sp³-hybridized carbons (Fsp3) is 0.487. The topological polar surface area (TPSA) is 147 Å². The Bertz CT molecular complexity index is 1810.